The summed E-state index contributed by atoms with van der Waals surface area (Å²) in [4.78, 5) is 21.6. The number of H-pyrrole nitrogens is 1. The van der Waals surface area contributed by atoms with E-state index in [2.05, 4.69) is 33.2 Å². The first kappa shape index (κ1) is 22.7. The number of anilines is 2. The van der Waals surface area contributed by atoms with E-state index in [1.54, 1.807) is 15.8 Å². The van der Waals surface area contributed by atoms with Gasteiger partial charge >= 0.3 is 0 Å². The maximum atomic E-state index is 12.6. The molecule has 4 aromatic rings. The number of aromatic nitrogens is 5. The molecule has 2 atom stereocenters. The maximum absolute atomic E-state index is 12.6. The normalized spacial score (nSPS) is 20.9. The second kappa shape index (κ2) is 9.36. The summed E-state index contributed by atoms with van der Waals surface area (Å²) in [5.41, 5.74) is 3.54. The molecule has 2 saturated heterocycles. The van der Waals surface area contributed by atoms with Gasteiger partial charge in [0.15, 0.2) is 11.5 Å². The number of nitrogens with zero attached hydrogens (tertiary/aromatic N) is 6. The van der Waals surface area contributed by atoms with Crippen molar-refractivity contribution in [1.29, 1.82) is 0 Å². The predicted molar refractivity (Wildman–Crippen MR) is 136 cm³/mol. The molecule has 2 fully saturated rings. The standard InChI is InChI=1S/C26H29N7O3/c1-17-16-36-12-11-31(17)24-13-21(22-14-28-33(26(22)29-24)23-9-10-27-30-23)18-5-7-19(8-6-18)32-20(15-34)3-2-4-25(32)35/h5-10,13-14,17,20,34H,2-4,11-12,15-16H2,1H3,(H,27,30)/t17-,20?/m1/s1. The van der Waals surface area contributed by atoms with E-state index in [1.807, 2.05) is 36.5 Å². The summed E-state index contributed by atoms with van der Waals surface area (Å²) in [5.74, 6) is 1.59. The Kier molecular flexibility index (Phi) is 5.90. The highest BCUT2D eigenvalue weighted by atomic mass is 16.5. The fraction of sp³-hybridized carbons (Fsp3) is 0.385. The third kappa shape index (κ3) is 3.92. The van der Waals surface area contributed by atoms with Gasteiger partial charge in [0.1, 0.15) is 5.82 Å². The summed E-state index contributed by atoms with van der Waals surface area (Å²) >= 11 is 0. The predicted octanol–water partition coefficient (Wildman–Crippen LogP) is 2.91. The number of ether oxygens (including phenoxy) is 1. The van der Waals surface area contributed by atoms with Crippen molar-refractivity contribution >= 4 is 28.4 Å². The number of aromatic amines is 1. The van der Waals surface area contributed by atoms with E-state index in [1.165, 1.54) is 0 Å². The van der Waals surface area contributed by atoms with Crippen LogP contribution in [0.1, 0.15) is 26.2 Å². The van der Waals surface area contributed by atoms with E-state index in [0.29, 0.717) is 25.5 Å². The second-order valence-electron chi connectivity index (χ2n) is 9.41. The molecule has 2 N–H and O–H groups in total. The number of hydrogen-bond acceptors (Lipinski definition) is 7. The molecule has 186 valence electrons. The number of morpholine rings is 1. The van der Waals surface area contributed by atoms with Crippen LogP contribution in [0.4, 0.5) is 11.5 Å². The molecule has 2 aliphatic heterocycles. The zero-order valence-corrected chi connectivity index (χ0v) is 20.2. The maximum Gasteiger partial charge on any atom is 0.227 e. The lowest BCUT2D eigenvalue weighted by molar-refractivity contribution is -0.120. The van der Waals surface area contributed by atoms with Crippen LogP contribution in [-0.4, -0.2) is 74.4 Å². The minimum Gasteiger partial charge on any atom is -0.394 e. The lowest BCUT2D eigenvalue weighted by Gasteiger charge is -2.35. The van der Waals surface area contributed by atoms with Crippen molar-refractivity contribution in [2.75, 3.05) is 36.2 Å². The molecular weight excluding hydrogens is 458 g/mol. The van der Waals surface area contributed by atoms with Crippen LogP contribution in [0.3, 0.4) is 0 Å². The van der Waals surface area contributed by atoms with Crippen LogP contribution >= 0.6 is 0 Å². The average molecular weight is 488 g/mol. The molecule has 0 saturated carbocycles. The van der Waals surface area contributed by atoms with Gasteiger partial charge in [0, 0.05) is 36.3 Å². The van der Waals surface area contributed by atoms with Crippen molar-refractivity contribution in [2.24, 2.45) is 0 Å². The molecule has 3 aromatic heterocycles. The van der Waals surface area contributed by atoms with Gasteiger partial charge in [-0.05, 0) is 49.1 Å². The molecule has 1 aromatic carbocycles. The lowest BCUT2D eigenvalue weighted by Crippen LogP contribution is -2.45. The monoisotopic (exact) mass is 487 g/mol. The Bertz CT molecular complexity index is 1370. The van der Waals surface area contributed by atoms with Crippen molar-refractivity contribution in [1.82, 2.24) is 25.0 Å². The van der Waals surface area contributed by atoms with Crippen molar-refractivity contribution in [3.63, 3.8) is 0 Å². The molecule has 10 heteroatoms. The number of benzene rings is 1. The summed E-state index contributed by atoms with van der Waals surface area (Å²) in [6, 6.07) is 12.0. The molecule has 36 heavy (non-hydrogen) atoms. The summed E-state index contributed by atoms with van der Waals surface area (Å²) in [7, 11) is 0. The first-order valence-electron chi connectivity index (χ1n) is 12.4. The molecule has 0 aliphatic carbocycles. The van der Waals surface area contributed by atoms with Crippen LogP contribution in [0, 0.1) is 0 Å². The van der Waals surface area contributed by atoms with Crippen molar-refractivity contribution in [3.8, 4) is 16.9 Å². The zero-order chi connectivity index (χ0) is 24.6. The van der Waals surface area contributed by atoms with E-state index in [-0.39, 0.29) is 24.6 Å². The molecule has 0 radical (unpaired) electrons. The fourth-order valence-electron chi connectivity index (χ4n) is 5.25. The number of carbonyl (C=O) groups is 1. The van der Waals surface area contributed by atoms with Crippen LogP contribution in [0.25, 0.3) is 28.0 Å². The molecule has 1 unspecified atom stereocenters. The summed E-state index contributed by atoms with van der Waals surface area (Å²) < 4.78 is 7.40. The van der Waals surface area contributed by atoms with E-state index in [9.17, 15) is 9.90 Å². The highest BCUT2D eigenvalue weighted by Crippen LogP contribution is 2.35. The Morgan fingerprint density at radius 1 is 1.19 bits per heavy atom. The summed E-state index contributed by atoms with van der Waals surface area (Å²) in [6.45, 7) is 4.17. The Morgan fingerprint density at radius 3 is 2.81 bits per heavy atom. The van der Waals surface area contributed by atoms with Crippen LogP contribution < -0.4 is 9.80 Å². The number of pyridine rings is 1. The molecule has 5 heterocycles. The number of hydrogen-bond donors (Lipinski definition) is 2. The van der Waals surface area contributed by atoms with Crippen LogP contribution in [0.5, 0.6) is 0 Å². The van der Waals surface area contributed by atoms with Crippen LogP contribution in [0.2, 0.25) is 0 Å². The van der Waals surface area contributed by atoms with Gasteiger partial charge in [0.2, 0.25) is 5.91 Å². The van der Waals surface area contributed by atoms with Gasteiger partial charge in [-0.25, -0.2) is 4.98 Å². The number of nitrogens with one attached hydrogen (secondary N) is 1. The first-order valence-corrected chi connectivity index (χ1v) is 12.4. The Balaban J connectivity index is 1.45. The number of rotatable bonds is 5. The Morgan fingerprint density at radius 2 is 2.06 bits per heavy atom. The van der Waals surface area contributed by atoms with Gasteiger partial charge in [-0.2, -0.15) is 14.9 Å². The third-order valence-corrected chi connectivity index (χ3v) is 7.12. The van der Waals surface area contributed by atoms with Crippen molar-refractivity contribution in [2.45, 2.75) is 38.3 Å². The quantitative estimate of drug-likeness (QED) is 0.445. The first-order chi connectivity index (χ1) is 17.6. The third-order valence-electron chi connectivity index (χ3n) is 7.12. The average Bonchev–Trinajstić information content (AvgIpc) is 3.58. The molecule has 0 spiro atoms. The van der Waals surface area contributed by atoms with Gasteiger partial charge in [-0.15, -0.1) is 0 Å². The number of amides is 1. The second-order valence-corrected chi connectivity index (χ2v) is 9.41. The van der Waals surface area contributed by atoms with Crippen LogP contribution in [0.15, 0.2) is 48.8 Å². The fourth-order valence-corrected chi connectivity index (χ4v) is 5.25. The lowest BCUT2D eigenvalue weighted by atomic mass is 9.99. The van der Waals surface area contributed by atoms with Gasteiger partial charge in [0.05, 0.1) is 38.1 Å². The zero-order valence-electron chi connectivity index (χ0n) is 20.2. The number of piperidine rings is 1. The van der Waals surface area contributed by atoms with Crippen molar-refractivity contribution < 1.29 is 14.6 Å². The highest BCUT2D eigenvalue weighted by molar-refractivity contribution is 5.97. The minimum atomic E-state index is -0.175. The van der Waals surface area contributed by atoms with E-state index >= 15 is 0 Å². The summed E-state index contributed by atoms with van der Waals surface area (Å²) in [6.07, 6.45) is 5.72. The van der Waals surface area contributed by atoms with E-state index < -0.39 is 0 Å². The van der Waals surface area contributed by atoms with E-state index in [0.717, 1.165) is 53.1 Å². The molecule has 1 amide bonds. The Labute approximate surface area is 208 Å². The van der Waals surface area contributed by atoms with Crippen LogP contribution in [-0.2, 0) is 9.53 Å². The molecule has 10 nitrogen and oxygen atoms in total. The number of aliphatic hydroxyl groups excluding tert-OH is 1. The van der Waals surface area contributed by atoms with Gasteiger partial charge in [-0.3, -0.25) is 9.89 Å². The van der Waals surface area contributed by atoms with E-state index in [4.69, 9.17) is 9.72 Å². The van der Waals surface area contributed by atoms with Crippen molar-refractivity contribution in [3.05, 3.63) is 48.8 Å². The van der Waals surface area contributed by atoms with Gasteiger partial charge in [0.25, 0.3) is 0 Å². The largest absolute Gasteiger partial charge is 0.394 e. The smallest absolute Gasteiger partial charge is 0.227 e. The molecule has 6 rings (SSSR count). The molecule has 0 bridgehead atoms. The summed E-state index contributed by atoms with van der Waals surface area (Å²) in [5, 5.41) is 22.5. The van der Waals surface area contributed by atoms with Gasteiger partial charge in [-0.1, -0.05) is 12.1 Å². The number of fused-ring (bicyclic) bond motifs is 1. The van der Waals surface area contributed by atoms with Gasteiger partial charge < -0.3 is 19.6 Å². The minimum absolute atomic E-state index is 0.0358. The highest BCUT2D eigenvalue weighted by Gasteiger charge is 2.29. The molecular formula is C26H29N7O3. The topological polar surface area (TPSA) is 112 Å². The number of carbonyl (C=O) groups excluding carboxylic acids is 1. The molecule has 2 aliphatic rings. The SMILES string of the molecule is C[C@@H]1COCCN1c1cc(-c2ccc(N3C(=O)CCCC3CO)cc2)c2cnn(-c3cc[nH]n3)c2n1. The number of aliphatic hydroxyl groups is 1. The Hall–Kier alpha value is -3.76.